The van der Waals surface area contributed by atoms with E-state index in [9.17, 15) is 19.8 Å². The maximum Gasteiger partial charge on any atom is 0.335 e. The molecule has 0 aliphatic carbocycles. The number of esters is 1. The summed E-state index contributed by atoms with van der Waals surface area (Å²) in [7, 11) is 0. The van der Waals surface area contributed by atoms with E-state index >= 15 is 0 Å². The summed E-state index contributed by atoms with van der Waals surface area (Å²) in [4.78, 5) is 22.4. The highest BCUT2D eigenvalue weighted by atomic mass is 16.6. The highest BCUT2D eigenvalue weighted by Crippen LogP contribution is 2.17. The first-order valence-electron chi connectivity index (χ1n) is 5.89. The third kappa shape index (κ3) is 4.84. The summed E-state index contributed by atoms with van der Waals surface area (Å²) in [5.74, 6) is -2.17. The number of carboxylic acids is 1. The van der Waals surface area contributed by atoms with Crippen molar-refractivity contribution < 1.29 is 29.6 Å². The van der Waals surface area contributed by atoms with Crippen LogP contribution < -0.4 is 0 Å². The van der Waals surface area contributed by atoms with E-state index in [2.05, 4.69) is 4.74 Å². The first-order chi connectivity index (χ1) is 8.76. The lowest BCUT2D eigenvalue weighted by atomic mass is 10.0. The van der Waals surface area contributed by atoms with Gasteiger partial charge in [-0.05, 0) is 27.2 Å². The van der Waals surface area contributed by atoms with Gasteiger partial charge in [-0.3, -0.25) is 0 Å². The molecule has 0 aliphatic heterocycles. The fourth-order valence-corrected chi connectivity index (χ4v) is 1.28. The highest BCUT2D eigenvalue weighted by molar-refractivity contribution is 5.89. The first kappa shape index (κ1) is 17.3. The van der Waals surface area contributed by atoms with Gasteiger partial charge in [0.2, 0.25) is 6.29 Å². The summed E-state index contributed by atoms with van der Waals surface area (Å²) in [6.45, 7) is 6.33. The van der Waals surface area contributed by atoms with E-state index in [1.54, 1.807) is 13.8 Å². The molecule has 0 amide bonds. The Labute approximate surface area is 112 Å². The number of aliphatic hydroxyl groups is 2. The van der Waals surface area contributed by atoms with Crippen LogP contribution in [0.1, 0.15) is 34.1 Å². The average Bonchev–Trinajstić information content (AvgIpc) is 2.36. The van der Waals surface area contributed by atoms with Crippen molar-refractivity contribution in [3.05, 3.63) is 22.8 Å². The number of carbonyl (C=O) groups is 2. The molecular weight excluding hydrogens is 252 g/mol. The quantitative estimate of drug-likeness (QED) is 0.378. The van der Waals surface area contributed by atoms with E-state index in [-0.39, 0.29) is 11.1 Å². The molecule has 0 saturated heterocycles. The molecule has 0 aromatic carbocycles. The number of allylic oxidation sites excluding steroid dienone is 2. The van der Waals surface area contributed by atoms with Crippen molar-refractivity contribution in [2.75, 3.05) is 0 Å². The number of aliphatic carboxylic acids is 1. The molecule has 0 aromatic rings. The van der Waals surface area contributed by atoms with Gasteiger partial charge in [-0.1, -0.05) is 18.6 Å². The second kappa shape index (κ2) is 7.70. The van der Waals surface area contributed by atoms with Gasteiger partial charge in [0, 0.05) is 5.57 Å². The molecule has 6 heteroatoms. The van der Waals surface area contributed by atoms with Gasteiger partial charge in [0.1, 0.15) is 6.10 Å². The molecule has 0 aliphatic rings. The normalized spacial score (nSPS) is 16.4. The summed E-state index contributed by atoms with van der Waals surface area (Å²) in [5.41, 5.74) is 0.290. The van der Waals surface area contributed by atoms with Crippen LogP contribution in [0.5, 0.6) is 0 Å². The Morgan fingerprint density at radius 3 is 2.16 bits per heavy atom. The molecule has 0 rings (SSSR count). The molecule has 2 unspecified atom stereocenters. The first-order valence-corrected chi connectivity index (χ1v) is 5.89. The van der Waals surface area contributed by atoms with E-state index in [0.29, 0.717) is 12.0 Å². The van der Waals surface area contributed by atoms with Crippen molar-refractivity contribution in [1.29, 1.82) is 0 Å². The molecular formula is C13H20O6. The molecule has 2 atom stereocenters. The molecule has 0 bridgehead atoms. The zero-order chi connectivity index (χ0) is 15.2. The monoisotopic (exact) mass is 272 g/mol. The number of carboxylic acid groups (broad SMARTS) is 1. The van der Waals surface area contributed by atoms with E-state index in [4.69, 9.17) is 5.11 Å². The Kier molecular flexibility index (Phi) is 7.03. The van der Waals surface area contributed by atoms with Crippen LogP contribution in [0.25, 0.3) is 0 Å². The second-order valence-electron chi connectivity index (χ2n) is 4.07. The van der Waals surface area contributed by atoms with E-state index in [0.717, 1.165) is 0 Å². The van der Waals surface area contributed by atoms with Crippen LogP contribution >= 0.6 is 0 Å². The Bertz CT molecular complexity index is 407. The van der Waals surface area contributed by atoms with Gasteiger partial charge >= 0.3 is 11.9 Å². The van der Waals surface area contributed by atoms with E-state index in [1.165, 1.54) is 19.9 Å². The fourth-order valence-electron chi connectivity index (χ4n) is 1.28. The minimum absolute atomic E-state index is 0.249. The van der Waals surface area contributed by atoms with Crippen molar-refractivity contribution >= 4 is 11.9 Å². The zero-order valence-electron chi connectivity index (χ0n) is 11.5. The standard InChI is InChI=1S/C13H20O6/c1-5-7(3)9(11(15)16)10(14)13(18)19-12(17)8(4)6-2/h6,10,13-14,18H,5H2,1-4H3,(H,15,16). The van der Waals surface area contributed by atoms with Crippen molar-refractivity contribution in [3.63, 3.8) is 0 Å². The molecule has 0 radical (unpaired) electrons. The molecule has 6 nitrogen and oxygen atoms in total. The summed E-state index contributed by atoms with van der Waals surface area (Å²) in [6, 6.07) is 0. The van der Waals surface area contributed by atoms with Crippen LogP contribution in [0.4, 0.5) is 0 Å². The Morgan fingerprint density at radius 2 is 1.79 bits per heavy atom. The largest absolute Gasteiger partial charge is 0.478 e. The number of aliphatic hydroxyl groups excluding tert-OH is 2. The third-order valence-electron chi connectivity index (χ3n) is 2.77. The maximum atomic E-state index is 11.4. The van der Waals surface area contributed by atoms with Crippen LogP contribution in [0.2, 0.25) is 0 Å². The SMILES string of the molecule is CC=C(C)C(=O)OC(O)C(O)C(C(=O)O)=C(C)CC. The second-order valence-corrected chi connectivity index (χ2v) is 4.07. The van der Waals surface area contributed by atoms with Crippen LogP contribution in [0.3, 0.4) is 0 Å². The molecule has 3 N–H and O–H groups in total. The molecule has 0 heterocycles. The van der Waals surface area contributed by atoms with E-state index in [1.807, 2.05) is 0 Å². The van der Waals surface area contributed by atoms with Gasteiger partial charge < -0.3 is 20.1 Å². The van der Waals surface area contributed by atoms with Crippen LogP contribution in [-0.4, -0.2) is 39.7 Å². The predicted octanol–water partition coefficient (Wildman–Crippen LogP) is 0.986. The lowest BCUT2D eigenvalue weighted by Crippen LogP contribution is -2.35. The van der Waals surface area contributed by atoms with Gasteiger partial charge in [-0.2, -0.15) is 0 Å². The van der Waals surface area contributed by atoms with Crippen molar-refractivity contribution in [2.45, 2.75) is 46.5 Å². The van der Waals surface area contributed by atoms with E-state index < -0.39 is 24.3 Å². The minimum Gasteiger partial charge on any atom is -0.478 e. The maximum absolute atomic E-state index is 11.4. The van der Waals surface area contributed by atoms with Gasteiger partial charge in [-0.15, -0.1) is 0 Å². The Hall–Kier alpha value is -1.66. The predicted molar refractivity (Wildman–Crippen MR) is 68.2 cm³/mol. The number of rotatable bonds is 6. The number of hydrogen-bond donors (Lipinski definition) is 3. The summed E-state index contributed by atoms with van der Waals surface area (Å²) in [6.07, 6.45) is -1.83. The van der Waals surface area contributed by atoms with Crippen molar-refractivity contribution in [3.8, 4) is 0 Å². The fraction of sp³-hybridized carbons (Fsp3) is 0.538. The zero-order valence-corrected chi connectivity index (χ0v) is 11.5. The highest BCUT2D eigenvalue weighted by Gasteiger charge is 2.30. The summed E-state index contributed by atoms with van der Waals surface area (Å²) < 4.78 is 4.59. The van der Waals surface area contributed by atoms with Gasteiger partial charge in [0.25, 0.3) is 0 Å². The molecule has 0 saturated carbocycles. The van der Waals surface area contributed by atoms with Crippen LogP contribution in [-0.2, 0) is 14.3 Å². The number of ether oxygens (including phenoxy) is 1. The Balaban J connectivity index is 5.04. The average molecular weight is 272 g/mol. The van der Waals surface area contributed by atoms with Crippen molar-refractivity contribution in [2.24, 2.45) is 0 Å². The number of hydrogen-bond acceptors (Lipinski definition) is 5. The van der Waals surface area contributed by atoms with Crippen molar-refractivity contribution in [1.82, 2.24) is 0 Å². The van der Waals surface area contributed by atoms with Gasteiger partial charge in [-0.25, -0.2) is 9.59 Å². The number of carbonyl (C=O) groups excluding carboxylic acids is 1. The molecule has 19 heavy (non-hydrogen) atoms. The lowest BCUT2D eigenvalue weighted by Gasteiger charge is -2.20. The Morgan fingerprint density at radius 1 is 1.26 bits per heavy atom. The summed E-state index contributed by atoms with van der Waals surface area (Å²) in [5, 5.41) is 28.3. The van der Waals surface area contributed by atoms with Gasteiger partial charge in [0.05, 0.1) is 5.57 Å². The minimum atomic E-state index is -1.92. The van der Waals surface area contributed by atoms with Crippen LogP contribution in [0, 0.1) is 0 Å². The molecule has 108 valence electrons. The third-order valence-corrected chi connectivity index (χ3v) is 2.77. The molecule has 0 fully saturated rings. The topological polar surface area (TPSA) is 104 Å². The lowest BCUT2D eigenvalue weighted by molar-refractivity contribution is -0.179. The molecule has 0 aromatic heterocycles. The smallest absolute Gasteiger partial charge is 0.335 e. The molecule has 0 spiro atoms. The summed E-state index contributed by atoms with van der Waals surface area (Å²) >= 11 is 0. The van der Waals surface area contributed by atoms with Gasteiger partial charge in [0.15, 0.2) is 0 Å². The van der Waals surface area contributed by atoms with Crippen LogP contribution in [0.15, 0.2) is 22.8 Å².